The topological polar surface area (TPSA) is 46.4 Å². The van der Waals surface area contributed by atoms with Crippen molar-refractivity contribution in [2.45, 2.75) is 12.8 Å². The highest BCUT2D eigenvalue weighted by molar-refractivity contribution is 6.33. The van der Waals surface area contributed by atoms with Gasteiger partial charge < -0.3 is 9.72 Å². The van der Waals surface area contributed by atoms with Crippen molar-refractivity contribution < 1.29 is 9.18 Å². The van der Waals surface area contributed by atoms with Crippen molar-refractivity contribution in [3.05, 3.63) is 89.5 Å². The Morgan fingerprint density at radius 3 is 2.64 bits per heavy atom. The minimum absolute atomic E-state index is 0.174. The minimum atomic E-state index is -0.443. The molecule has 0 spiro atoms. The first kappa shape index (κ1) is 18.2. The molecule has 0 radical (unpaired) electrons. The molecule has 2 aromatic carbocycles. The zero-order valence-corrected chi connectivity index (χ0v) is 15.7. The number of rotatable bonds is 5. The van der Waals surface area contributed by atoms with Crippen LogP contribution < -0.4 is 5.32 Å². The summed E-state index contributed by atoms with van der Waals surface area (Å²) in [5, 5.41) is 2.91. The predicted molar refractivity (Wildman–Crippen MR) is 109 cm³/mol. The van der Waals surface area contributed by atoms with Crippen LogP contribution in [0.4, 0.5) is 10.1 Å². The first-order valence-corrected chi connectivity index (χ1v) is 9.26. The van der Waals surface area contributed by atoms with E-state index in [1.165, 1.54) is 18.2 Å². The molecule has 28 heavy (non-hydrogen) atoms. The molecule has 0 unspecified atom stereocenters. The van der Waals surface area contributed by atoms with Crippen LogP contribution in [-0.4, -0.2) is 15.3 Å². The SMILES string of the molecule is O=C(CCc1c(-c2ccccc2)nc2ccccn12)Nc1ccc(F)cc1Cl. The second-order valence-electron chi connectivity index (χ2n) is 6.37. The Bertz CT molecular complexity index is 1140. The number of fused-ring (bicyclic) bond motifs is 1. The fraction of sp³-hybridized carbons (Fsp3) is 0.0909. The molecular weight excluding hydrogens is 377 g/mol. The van der Waals surface area contributed by atoms with Crippen molar-refractivity contribution in [1.29, 1.82) is 0 Å². The normalized spacial score (nSPS) is 10.9. The number of anilines is 1. The first-order valence-electron chi connectivity index (χ1n) is 8.88. The van der Waals surface area contributed by atoms with Gasteiger partial charge in [0.2, 0.25) is 5.91 Å². The average Bonchev–Trinajstić information content (AvgIpc) is 3.08. The van der Waals surface area contributed by atoms with Crippen molar-refractivity contribution in [3.63, 3.8) is 0 Å². The minimum Gasteiger partial charge on any atom is -0.325 e. The van der Waals surface area contributed by atoms with Gasteiger partial charge in [-0.05, 0) is 36.8 Å². The highest BCUT2D eigenvalue weighted by Crippen LogP contribution is 2.26. The molecule has 0 bridgehead atoms. The van der Waals surface area contributed by atoms with Gasteiger partial charge in [0.05, 0.1) is 22.1 Å². The molecule has 0 aliphatic carbocycles. The summed E-state index contributed by atoms with van der Waals surface area (Å²) in [5.74, 6) is -0.639. The summed E-state index contributed by atoms with van der Waals surface area (Å²) in [6.45, 7) is 0. The van der Waals surface area contributed by atoms with Gasteiger partial charge in [0.15, 0.2) is 0 Å². The van der Waals surface area contributed by atoms with Gasteiger partial charge in [0, 0.05) is 18.2 Å². The smallest absolute Gasteiger partial charge is 0.224 e. The summed E-state index contributed by atoms with van der Waals surface area (Å²) in [4.78, 5) is 17.2. The number of imidazole rings is 1. The number of pyridine rings is 1. The van der Waals surface area contributed by atoms with E-state index in [0.717, 1.165) is 22.6 Å². The summed E-state index contributed by atoms with van der Waals surface area (Å²) in [7, 11) is 0. The van der Waals surface area contributed by atoms with Gasteiger partial charge in [-0.3, -0.25) is 4.79 Å². The van der Waals surface area contributed by atoms with E-state index in [1.54, 1.807) is 0 Å². The van der Waals surface area contributed by atoms with Crippen molar-refractivity contribution in [1.82, 2.24) is 9.38 Å². The van der Waals surface area contributed by atoms with Crippen LogP contribution in [0, 0.1) is 5.82 Å². The van der Waals surface area contributed by atoms with Crippen molar-refractivity contribution >= 4 is 28.8 Å². The van der Waals surface area contributed by atoms with E-state index in [-0.39, 0.29) is 17.4 Å². The Hall–Kier alpha value is -3.18. The third-order valence-corrected chi connectivity index (χ3v) is 4.78. The molecule has 140 valence electrons. The summed E-state index contributed by atoms with van der Waals surface area (Å²) in [6.07, 6.45) is 2.69. The zero-order valence-electron chi connectivity index (χ0n) is 14.9. The van der Waals surface area contributed by atoms with Crippen LogP contribution in [-0.2, 0) is 11.2 Å². The van der Waals surface area contributed by atoms with E-state index >= 15 is 0 Å². The van der Waals surface area contributed by atoms with E-state index in [0.29, 0.717) is 12.1 Å². The van der Waals surface area contributed by atoms with Crippen molar-refractivity contribution in [2.24, 2.45) is 0 Å². The van der Waals surface area contributed by atoms with Crippen LogP contribution in [0.1, 0.15) is 12.1 Å². The van der Waals surface area contributed by atoms with Gasteiger partial charge in [0.1, 0.15) is 11.5 Å². The highest BCUT2D eigenvalue weighted by Gasteiger charge is 2.15. The molecule has 1 amide bonds. The molecule has 4 aromatic rings. The first-order chi connectivity index (χ1) is 13.6. The molecular formula is C22H17ClFN3O. The van der Waals surface area contributed by atoms with Gasteiger partial charge in [0.25, 0.3) is 0 Å². The van der Waals surface area contributed by atoms with Crippen LogP contribution in [0.2, 0.25) is 5.02 Å². The van der Waals surface area contributed by atoms with Gasteiger partial charge >= 0.3 is 0 Å². The van der Waals surface area contributed by atoms with Crippen LogP contribution in [0.25, 0.3) is 16.9 Å². The standard InChI is InChI=1S/C22H17ClFN3O/c23-17-14-16(24)9-10-18(17)25-21(28)12-11-19-22(15-6-2-1-3-7-15)26-20-8-4-5-13-27(19)20/h1-10,13-14H,11-12H2,(H,25,28). The third kappa shape index (κ3) is 3.75. The lowest BCUT2D eigenvalue weighted by Gasteiger charge is -2.08. The summed E-state index contributed by atoms with van der Waals surface area (Å²) >= 11 is 5.99. The Labute approximate surface area is 166 Å². The second kappa shape index (κ2) is 7.82. The van der Waals surface area contributed by atoms with Crippen LogP contribution in [0.15, 0.2) is 72.9 Å². The molecule has 2 heterocycles. The van der Waals surface area contributed by atoms with E-state index in [1.807, 2.05) is 59.1 Å². The van der Waals surface area contributed by atoms with Crippen LogP contribution in [0.5, 0.6) is 0 Å². The molecule has 2 aromatic heterocycles. The number of halogens is 2. The molecule has 0 saturated heterocycles. The molecule has 6 heteroatoms. The Balaban J connectivity index is 1.58. The Morgan fingerprint density at radius 2 is 1.86 bits per heavy atom. The Morgan fingerprint density at radius 1 is 1.07 bits per heavy atom. The molecule has 0 atom stereocenters. The quantitative estimate of drug-likeness (QED) is 0.495. The van der Waals surface area contributed by atoms with Crippen LogP contribution in [0.3, 0.4) is 0 Å². The molecule has 1 N–H and O–H groups in total. The lowest BCUT2D eigenvalue weighted by atomic mass is 10.1. The Kier molecular flexibility index (Phi) is 5.08. The maximum atomic E-state index is 13.2. The average molecular weight is 394 g/mol. The zero-order chi connectivity index (χ0) is 19.5. The monoisotopic (exact) mass is 393 g/mol. The fourth-order valence-electron chi connectivity index (χ4n) is 3.15. The molecule has 0 aliphatic heterocycles. The number of carbonyl (C=O) groups excluding carboxylic acids is 1. The number of aromatic nitrogens is 2. The van der Waals surface area contributed by atoms with Gasteiger partial charge in [-0.15, -0.1) is 0 Å². The number of amides is 1. The highest BCUT2D eigenvalue weighted by atomic mass is 35.5. The summed E-state index contributed by atoms with van der Waals surface area (Å²) in [6, 6.07) is 19.6. The maximum absolute atomic E-state index is 13.2. The van der Waals surface area contributed by atoms with E-state index in [9.17, 15) is 9.18 Å². The lowest BCUT2D eigenvalue weighted by Crippen LogP contribution is -2.13. The number of carbonyl (C=O) groups is 1. The predicted octanol–water partition coefficient (Wildman–Crippen LogP) is 5.37. The number of hydrogen-bond donors (Lipinski definition) is 1. The number of nitrogens with zero attached hydrogens (tertiary/aromatic N) is 2. The molecule has 0 saturated carbocycles. The van der Waals surface area contributed by atoms with E-state index < -0.39 is 5.82 Å². The largest absolute Gasteiger partial charge is 0.325 e. The van der Waals surface area contributed by atoms with Gasteiger partial charge in [-0.25, -0.2) is 9.37 Å². The number of benzene rings is 2. The molecule has 4 nitrogen and oxygen atoms in total. The van der Waals surface area contributed by atoms with Crippen molar-refractivity contribution in [2.75, 3.05) is 5.32 Å². The van der Waals surface area contributed by atoms with Gasteiger partial charge in [-0.2, -0.15) is 0 Å². The summed E-state index contributed by atoms with van der Waals surface area (Å²) < 4.78 is 15.2. The maximum Gasteiger partial charge on any atom is 0.224 e. The number of nitrogens with one attached hydrogen (secondary N) is 1. The summed E-state index contributed by atoms with van der Waals surface area (Å²) in [5.41, 5.74) is 4.05. The second-order valence-corrected chi connectivity index (χ2v) is 6.78. The lowest BCUT2D eigenvalue weighted by molar-refractivity contribution is -0.116. The molecule has 0 fully saturated rings. The van der Waals surface area contributed by atoms with Crippen molar-refractivity contribution in [3.8, 4) is 11.3 Å². The molecule has 0 aliphatic rings. The van der Waals surface area contributed by atoms with E-state index in [4.69, 9.17) is 16.6 Å². The number of aryl methyl sites for hydroxylation is 1. The van der Waals surface area contributed by atoms with Gasteiger partial charge in [-0.1, -0.05) is 48.0 Å². The fourth-order valence-corrected chi connectivity index (χ4v) is 3.36. The third-order valence-electron chi connectivity index (χ3n) is 4.47. The van der Waals surface area contributed by atoms with E-state index in [2.05, 4.69) is 5.32 Å². The molecule has 4 rings (SSSR count). The van der Waals surface area contributed by atoms with Crippen LogP contribution >= 0.6 is 11.6 Å². The number of hydrogen-bond acceptors (Lipinski definition) is 2.